The van der Waals surface area contributed by atoms with Crippen LogP contribution in [0.1, 0.15) is 0 Å². The van der Waals surface area contributed by atoms with Crippen molar-refractivity contribution in [3.63, 3.8) is 0 Å². The lowest BCUT2D eigenvalue weighted by atomic mass is 10.1. The summed E-state index contributed by atoms with van der Waals surface area (Å²) in [7, 11) is 0. The number of para-hydroxylation sites is 3. The van der Waals surface area contributed by atoms with Crippen LogP contribution in [-0.4, -0.2) is 14.5 Å². The minimum atomic E-state index is 0.721. The van der Waals surface area contributed by atoms with Crippen LogP contribution in [0, 0.1) is 0 Å². The van der Waals surface area contributed by atoms with Crippen molar-refractivity contribution in [1.82, 2.24) is 14.5 Å². The van der Waals surface area contributed by atoms with Crippen LogP contribution in [0.25, 0.3) is 38.9 Å². The van der Waals surface area contributed by atoms with Gasteiger partial charge in [0.2, 0.25) is 0 Å². The summed E-state index contributed by atoms with van der Waals surface area (Å²) in [6, 6.07) is 46.7. The van der Waals surface area contributed by atoms with E-state index in [1.54, 1.807) is 12.4 Å². The molecule has 4 nitrogen and oxygen atoms in total. The Kier molecular flexibility index (Phi) is 5.41. The largest absolute Gasteiger partial charge is 0.310 e. The van der Waals surface area contributed by atoms with E-state index in [0.717, 1.165) is 45.2 Å². The minimum absolute atomic E-state index is 0.721. The third kappa shape index (κ3) is 3.80. The zero-order chi connectivity index (χ0) is 25.3. The fourth-order valence-electron chi connectivity index (χ4n) is 5.21. The summed E-state index contributed by atoms with van der Waals surface area (Å²) < 4.78 is 2.33. The van der Waals surface area contributed by atoms with E-state index in [0.29, 0.717) is 0 Å². The summed E-state index contributed by atoms with van der Waals surface area (Å²) in [5.74, 6) is 0.721. The van der Waals surface area contributed by atoms with Gasteiger partial charge in [-0.2, -0.15) is 0 Å². The van der Waals surface area contributed by atoms with Gasteiger partial charge in [-0.1, -0.05) is 66.7 Å². The fraction of sp³-hybridized carbons (Fsp3) is 0. The van der Waals surface area contributed by atoms with Crippen molar-refractivity contribution in [2.24, 2.45) is 0 Å². The van der Waals surface area contributed by atoms with Gasteiger partial charge in [-0.3, -0.25) is 0 Å². The molecule has 0 fully saturated rings. The van der Waals surface area contributed by atoms with E-state index in [1.807, 2.05) is 6.07 Å². The van der Waals surface area contributed by atoms with Gasteiger partial charge in [0, 0.05) is 51.5 Å². The number of hydrogen-bond donors (Lipinski definition) is 0. The van der Waals surface area contributed by atoms with Crippen LogP contribution in [0.15, 0.2) is 146 Å². The average Bonchev–Trinajstić information content (AvgIpc) is 3.33. The molecule has 180 valence electrons. The zero-order valence-electron chi connectivity index (χ0n) is 20.6. The van der Waals surface area contributed by atoms with E-state index in [9.17, 15) is 0 Å². The predicted octanol–water partition coefficient (Wildman–Crippen LogP) is 8.71. The highest BCUT2D eigenvalue weighted by Gasteiger charge is 2.17. The molecule has 7 aromatic rings. The molecule has 0 amide bonds. The molecule has 5 aromatic carbocycles. The molecule has 0 unspecified atom stereocenters. The first-order valence-electron chi connectivity index (χ1n) is 12.7. The monoisotopic (exact) mass is 488 g/mol. The van der Waals surface area contributed by atoms with Crippen molar-refractivity contribution in [2.45, 2.75) is 0 Å². The number of hydrogen-bond acceptors (Lipinski definition) is 3. The summed E-state index contributed by atoms with van der Waals surface area (Å²) in [5, 5.41) is 2.42. The van der Waals surface area contributed by atoms with Gasteiger partial charge in [0.25, 0.3) is 0 Å². The second-order valence-corrected chi connectivity index (χ2v) is 9.18. The zero-order valence-corrected chi connectivity index (χ0v) is 20.6. The molecule has 0 atom stereocenters. The number of fused-ring (bicyclic) bond motifs is 3. The van der Waals surface area contributed by atoms with Crippen LogP contribution in [0.4, 0.5) is 17.1 Å². The molecule has 0 aliphatic rings. The molecule has 0 saturated carbocycles. The lowest BCUT2D eigenvalue weighted by Gasteiger charge is -2.25. The van der Waals surface area contributed by atoms with Crippen molar-refractivity contribution < 1.29 is 0 Å². The topological polar surface area (TPSA) is 34.0 Å². The lowest BCUT2D eigenvalue weighted by Crippen LogP contribution is -2.09. The highest BCUT2D eigenvalue weighted by Crippen LogP contribution is 2.39. The first-order chi connectivity index (χ1) is 18.9. The maximum absolute atomic E-state index is 4.46. The second kappa shape index (κ2) is 9.34. The first-order valence-corrected chi connectivity index (χ1v) is 12.7. The molecule has 2 heterocycles. The van der Waals surface area contributed by atoms with Crippen LogP contribution >= 0.6 is 0 Å². The standard InChI is InChI=1S/C34H24N4/c1-3-12-26(13-4-1)37(27-14-5-2-6-15-27)29-19-20-33-31(24-29)30-17-7-8-18-32(30)38(33)28-16-9-11-25(23-28)34-35-21-10-22-36-34/h1-24H. The highest BCUT2D eigenvalue weighted by atomic mass is 15.1. The molecule has 0 aliphatic heterocycles. The summed E-state index contributed by atoms with van der Waals surface area (Å²) in [4.78, 5) is 11.2. The minimum Gasteiger partial charge on any atom is -0.310 e. The molecular weight excluding hydrogens is 464 g/mol. The Morgan fingerprint density at radius 1 is 0.474 bits per heavy atom. The second-order valence-electron chi connectivity index (χ2n) is 9.18. The Hall–Kier alpha value is -5.22. The summed E-state index contributed by atoms with van der Waals surface area (Å²) >= 11 is 0. The number of rotatable bonds is 5. The lowest BCUT2D eigenvalue weighted by molar-refractivity contribution is 1.15. The van der Waals surface area contributed by atoms with Crippen LogP contribution in [0.3, 0.4) is 0 Å². The molecule has 0 aliphatic carbocycles. The molecule has 0 saturated heterocycles. The van der Waals surface area contributed by atoms with Gasteiger partial charge in [-0.25, -0.2) is 9.97 Å². The van der Waals surface area contributed by atoms with Gasteiger partial charge < -0.3 is 9.47 Å². The van der Waals surface area contributed by atoms with Crippen LogP contribution in [0.5, 0.6) is 0 Å². The van der Waals surface area contributed by atoms with Crippen LogP contribution in [0.2, 0.25) is 0 Å². The summed E-state index contributed by atoms with van der Waals surface area (Å²) in [6.45, 7) is 0. The molecular formula is C34H24N4. The third-order valence-corrected chi connectivity index (χ3v) is 6.87. The van der Waals surface area contributed by atoms with E-state index in [2.05, 4.69) is 147 Å². The van der Waals surface area contributed by atoms with Gasteiger partial charge in [-0.15, -0.1) is 0 Å². The molecule has 4 heteroatoms. The van der Waals surface area contributed by atoms with Crippen molar-refractivity contribution >= 4 is 38.9 Å². The van der Waals surface area contributed by atoms with Crippen molar-refractivity contribution in [1.29, 1.82) is 0 Å². The molecule has 0 bridgehead atoms. The predicted molar refractivity (Wildman–Crippen MR) is 156 cm³/mol. The maximum Gasteiger partial charge on any atom is 0.159 e. The van der Waals surface area contributed by atoms with E-state index in [-0.39, 0.29) is 0 Å². The number of benzene rings is 5. The number of nitrogens with zero attached hydrogens (tertiary/aromatic N) is 4. The maximum atomic E-state index is 4.46. The van der Waals surface area contributed by atoms with Gasteiger partial charge in [-0.05, 0) is 66.7 Å². The van der Waals surface area contributed by atoms with Gasteiger partial charge >= 0.3 is 0 Å². The molecule has 0 N–H and O–H groups in total. The Morgan fingerprint density at radius 2 is 1.13 bits per heavy atom. The Balaban J connectivity index is 1.44. The van der Waals surface area contributed by atoms with Gasteiger partial charge in [0.05, 0.1) is 11.0 Å². The Labute approximate surface area is 221 Å². The first kappa shape index (κ1) is 22.0. The van der Waals surface area contributed by atoms with E-state index in [4.69, 9.17) is 0 Å². The summed E-state index contributed by atoms with van der Waals surface area (Å²) in [5.41, 5.74) is 7.75. The van der Waals surface area contributed by atoms with Gasteiger partial charge in [0.1, 0.15) is 0 Å². The number of anilines is 3. The molecule has 7 rings (SSSR count). The SMILES string of the molecule is c1ccc(N(c2ccccc2)c2ccc3c(c2)c2ccccc2n3-c2cccc(-c3ncccn3)c2)cc1. The fourth-order valence-corrected chi connectivity index (χ4v) is 5.21. The molecule has 2 aromatic heterocycles. The Bertz CT molecular complexity index is 1820. The molecule has 38 heavy (non-hydrogen) atoms. The van der Waals surface area contributed by atoms with E-state index in [1.165, 1.54) is 10.8 Å². The van der Waals surface area contributed by atoms with Gasteiger partial charge in [0.15, 0.2) is 5.82 Å². The quantitative estimate of drug-likeness (QED) is 0.243. The third-order valence-electron chi connectivity index (χ3n) is 6.87. The van der Waals surface area contributed by atoms with Crippen molar-refractivity contribution in [3.05, 3.63) is 146 Å². The highest BCUT2D eigenvalue weighted by molar-refractivity contribution is 6.10. The summed E-state index contributed by atoms with van der Waals surface area (Å²) in [6.07, 6.45) is 3.56. The smallest absolute Gasteiger partial charge is 0.159 e. The molecule has 0 radical (unpaired) electrons. The van der Waals surface area contributed by atoms with Crippen LogP contribution < -0.4 is 4.90 Å². The van der Waals surface area contributed by atoms with Crippen molar-refractivity contribution in [2.75, 3.05) is 4.90 Å². The van der Waals surface area contributed by atoms with Crippen molar-refractivity contribution in [3.8, 4) is 17.1 Å². The normalized spacial score (nSPS) is 11.2. The Morgan fingerprint density at radius 3 is 1.87 bits per heavy atom. The average molecular weight is 489 g/mol. The number of aromatic nitrogens is 3. The van der Waals surface area contributed by atoms with E-state index >= 15 is 0 Å². The van der Waals surface area contributed by atoms with E-state index < -0.39 is 0 Å². The van der Waals surface area contributed by atoms with Crippen LogP contribution in [-0.2, 0) is 0 Å². The molecule has 0 spiro atoms.